The molecule has 1 atom stereocenters. The second kappa shape index (κ2) is 5.48. The highest BCUT2D eigenvalue weighted by Crippen LogP contribution is 2.34. The Hall–Kier alpha value is -1.88. The average Bonchev–Trinajstić information content (AvgIpc) is 3.05. The molecule has 0 unspecified atom stereocenters. The first-order chi connectivity index (χ1) is 10.1. The fraction of sp³-hybridized carbons (Fsp3) is 0.333. The molecule has 6 heteroatoms. The summed E-state index contributed by atoms with van der Waals surface area (Å²) >= 11 is 6.05. The summed E-state index contributed by atoms with van der Waals surface area (Å²) in [6.07, 6.45) is 3.18. The lowest BCUT2D eigenvalue weighted by atomic mass is 10.0. The zero-order valence-corrected chi connectivity index (χ0v) is 12.3. The number of aromatic nitrogens is 2. The molecule has 1 amide bonds. The molecule has 1 aliphatic heterocycles. The quantitative estimate of drug-likeness (QED) is 0.854. The first-order valence-corrected chi connectivity index (χ1v) is 7.19. The minimum absolute atomic E-state index is 0.112. The molecule has 3 rings (SSSR count). The van der Waals surface area contributed by atoms with Crippen LogP contribution in [0, 0.1) is 5.82 Å². The van der Waals surface area contributed by atoms with Gasteiger partial charge in [-0.3, -0.25) is 9.48 Å². The van der Waals surface area contributed by atoms with Crippen LogP contribution in [0.25, 0.3) is 0 Å². The SMILES string of the molecule is Cn1ncc(Cl)c1C(=O)N1CCC[C@@H]1c1cccc(F)c1. The lowest BCUT2D eigenvalue weighted by Gasteiger charge is -2.25. The molecule has 1 fully saturated rings. The number of hydrogen-bond acceptors (Lipinski definition) is 2. The number of hydrogen-bond donors (Lipinski definition) is 0. The van der Waals surface area contributed by atoms with E-state index in [1.54, 1.807) is 18.0 Å². The summed E-state index contributed by atoms with van der Waals surface area (Å²) in [7, 11) is 1.69. The van der Waals surface area contributed by atoms with Gasteiger partial charge in [0, 0.05) is 13.6 Å². The number of benzene rings is 1. The summed E-state index contributed by atoms with van der Waals surface area (Å²) in [4.78, 5) is 14.5. The molecule has 1 aromatic carbocycles. The number of nitrogens with zero attached hydrogens (tertiary/aromatic N) is 3. The van der Waals surface area contributed by atoms with Gasteiger partial charge in [-0.1, -0.05) is 23.7 Å². The van der Waals surface area contributed by atoms with Gasteiger partial charge in [0.05, 0.1) is 17.3 Å². The van der Waals surface area contributed by atoms with Crippen molar-refractivity contribution in [3.05, 3.63) is 52.6 Å². The summed E-state index contributed by atoms with van der Waals surface area (Å²) in [5.41, 5.74) is 1.19. The van der Waals surface area contributed by atoms with E-state index in [4.69, 9.17) is 11.6 Å². The third kappa shape index (κ3) is 2.53. The van der Waals surface area contributed by atoms with Crippen LogP contribution in [-0.4, -0.2) is 27.1 Å². The second-order valence-corrected chi connectivity index (χ2v) is 5.58. The summed E-state index contributed by atoms with van der Waals surface area (Å²) in [6, 6.07) is 6.30. The standard InChI is InChI=1S/C15H15ClFN3O/c1-19-14(12(16)9-18-19)15(21)20-7-3-6-13(20)10-4-2-5-11(17)8-10/h2,4-5,8-9,13H,3,6-7H2,1H3/t13-/m1/s1. The minimum atomic E-state index is -0.287. The largest absolute Gasteiger partial charge is 0.330 e. The molecule has 0 spiro atoms. The van der Waals surface area contributed by atoms with Crippen molar-refractivity contribution < 1.29 is 9.18 Å². The van der Waals surface area contributed by atoms with Crippen molar-refractivity contribution in [1.29, 1.82) is 0 Å². The first-order valence-electron chi connectivity index (χ1n) is 6.82. The molecular formula is C15H15ClFN3O. The highest BCUT2D eigenvalue weighted by Gasteiger charge is 2.33. The molecule has 0 saturated carbocycles. The van der Waals surface area contributed by atoms with Crippen molar-refractivity contribution in [3.63, 3.8) is 0 Å². The number of rotatable bonds is 2. The number of carbonyl (C=O) groups is 1. The van der Waals surface area contributed by atoms with Gasteiger partial charge in [0.15, 0.2) is 0 Å². The Labute approximate surface area is 127 Å². The van der Waals surface area contributed by atoms with E-state index < -0.39 is 0 Å². The zero-order chi connectivity index (χ0) is 15.0. The molecule has 0 aliphatic carbocycles. The number of likely N-dealkylation sites (tertiary alicyclic amines) is 1. The van der Waals surface area contributed by atoms with Crippen molar-refractivity contribution in [3.8, 4) is 0 Å². The van der Waals surface area contributed by atoms with E-state index in [1.165, 1.54) is 23.0 Å². The van der Waals surface area contributed by atoms with Gasteiger partial charge < -0.3 is 4.90 Å². The Morgan fingerprint density at radius 1 is 1.48 bits per heavy atom. The molecule has 21 heavy (non-hydrogen) atoms. The number of halogens is 2. The molecule has 2 aromatic rings. The smallest absolute Gasteiger partial charge is 0.274 e. The van der Waals surface area contributed by atoms with Crippen LogP contribution in [0.15, 0.2) is 30.5 Å². The summed E-state index contributed by atoms with van der Waals surface area (Å²) in [5, 5.41) is 4.34. The fourth-order valence-electron chi connectivity index (χ4n) is 2.86. The van der Waals surface area contributed by atoms with Crippen LogP contribution in [0.1, 0.15) is 34.9 Å². The number of carbonyl (C=O) groups excluding carboxylic acids is 1. The topological polar surface area (TPSA) is 38.1 Å². The van der Waals surface area contributed by atoms with Gasteiger partial charge in [-0.05, 0) is 30.5 Å². The van der Waals surface area contributed by atoms with E-state index in [2.05, 4.69) is 5.10 Å². The first kappa shape index (κ1) is 14.1. The fourth-order valence-corrected chi connectivity index (χ4v) is 3.10. The van der Waals surface area contributed by atoms with Gasteiger partial charge in [-0.2, -0.15) is 5.10 Å². The maximum atomic E-state index is 13.4. The Morgan fingerprint density at radius 3 is 2.95 bits per heavy atom. The summed E-state index contributed by atoms with van der Waals surface area (Å²) in [6.45, 7) is 0.640. The van der Waals surface area contributed by atoms with Gasteiger partial charge in [0.1, 0.15) is 11.5 Å². The molecule has 4 nitrogen and oxygen atoms in total. The van der Waals surface area contributed by atoms with Crippen molar-refractivity contribution in [1.82, 2.24) is 14.7 Å². The van der Waals surface area contributed by atoms with Gasteiger partial charge in [-0.25, -0.2) is 4.39 Å². The van der Waals surface area contributed by atoms with E-state index in [1.807, 2.05) is 6.07 Å². The Morgan fingerprint density at radius 2 is 2.29 bits per heavy atom. The van der Waals surface area contributed by atoms with Crippen LogP contribution < -0.4 is 0 Å². The maximum Gasteiger partial charge on any atom is 0.274 e. The molecule has 2 heterocycles. The van der Waals surface area contributed by atoms with Crippen molar-refractivity contribution in [2.45, 2.75) is 18.9 Å². The zero-order valence-electron chi connectivity index (χ0n) is 11.6. The van der Waals surface area contributed by atoms with Crippen molar-refractivity contribution >= 4 is 17.5 Å². The van der Waals surface area contributed by atoms with Crippen molar-refractivity contribution in [2.24, 2.45) is 7.05 Å². The van der Waals surface area contributed by atoms with Gasteiger partial charge >= 0.3 is 0 Å². The normalized spacial score (nSPS) is 18.2. The van der Waals surface area contributed by atoms with E-state index in [0.29, 0.717) is 17.3 Å². The second-order valence-electron chi connectivity index (χ2n) is 5.18. The van der Waals surface area contributed by atoms with Gasteiger partial charge in [0.2, 0.25) is 0 Å². The number of amides is 1. The third-order valence-electron chi connectivity index (χ3n) is 3.84. The van der Waals surface area contributed by atoms with E-state index in [0.717, 1.165) is 18.4 Å². The lowest BCUT2D eigenvalue weighted by Crippen LogP contribution is -2.32. The van der Waals surface area contributed by atoms with E-state index in [-0.39, 0.29) is 17.8 Å². The molecule has 0 N–H and O–H groups in total. The average molecular weight is 308 g/mol. The summed E-state index contributed by atoms with van der Waals surface area (Å²) < 4.78 is 14.9. The van der Waals surface area contributed by atoms with E-state index >= 15 is 0 Å². The number of aryl methyl sites for hydroxylation is 1. The van der Waals surface area contributed by atoms with Crippen LogP contribution in [0.4, 0.5) is 4.39 Å². The van der Waals surface area contributed by atoms with Crippen LogP contribution >= 0.6 is 11.6 Å². The van der Waals surface area contributed by atoms with Crippen LogP contribution in [0.2, 0.25) is 5.02 Å². The molecule has 0 radical (unpaired) electrons. The monoisotopic (exact) mass is 307 g/mol. The molecular weight excluding hydrogens is 293 g/mol. The molecule has 1 saturated heterocycles. The third-order valence-corrected chi connectivity index (χ3v) is 4.12. The molecule has 0 bridgehead atoms. The Bertz CT molecular complexity index is 666. The van der Waals surface area contributed by atoms with Crippen LogP contribution in [0.3, 0.4) is 0 Å². The van der Waals surface area contributed by atoms with Gasteiger partial charge in [-0.15, -0.1) is 0 Å². The highest BCUT2D eigenvalue weighted by molar-refractivity contribution is 6.33. The van der Waals surface area contributed by atoms with Crippen LogP contribution in [-0.2, 0) is 7.05 Å². The predicted octanol–water partition coefficient (Wildman–Crippen LogP) is 3.19. The molecule has 110 valence electrons. The Kier molecular flexibility index (Phi) is 3.68. The predicted molar refractivity (Wildman–Crippen MR) is 77.6 cm³/mol. The van der Waals surface area contributed by atoms with Crippen molar-refractivity contribution in [2.75, 3.05) is 6.54 Å². The highest BCUT2D eigenvalue weighted by atomic mass is 35.5. The molecule has 1 aromatic heterocycles. The summed E-state index contributed by atoms with van der Waals surface area (Å²) in [5.74, 6) is -0.447. The Balaban J connectivity index is 1.93. The molecule has 1 aliphatic rings. The van der Waals surface area contributed by atoms with E-state index in [9.17, 15) is 9.18 Å². The van der Waals surface area contributed by atoms with Gasteiger partial charge in [0.25, 0.3) is 5.91 Å². The minimum Gasteiger partial charge on any atom is -0.330 e. The van der Waals surface area contributed by atoms with Crippen LogP contribution in [0.5, 0.6) is 0 Å². The lowest BCUT2D eigenvalue weighted by molar-refractivity contribution is 0.0724. The maximum absolute atomic E-state index is 13.4.